The van der Waals surface area contributed by atoms with E-state index in [1.165, 1.54) is 6.21 Å². The van der Waals surface area contributed by atoms with Crippen molar-refractivity contribution in [3.63, 3.8) is 0 Å². The third-order valence-corrected chi connectivity index (χ3v) is 4.73. The summed E-state index contributed by atoms with van der Waals surface area (Å²) in [6.45, 7) is 2.44. The number of carbonyl (C=O) groups is 3. The predicted molar refractivity (Wildman–Crippen MR) is 91.6 cm³/mol. The molecule has 3 N–H and O–H groups in total. The van der Waals surface area contributed by atoms with E-state index >= 15 is 0 Å². The minimum atomic E-state index is -1.02. The van der Waals surface area contributed by atoms with Gasteiger partial charge in [-0.15, -0.1) is 0 Å². The summed E-state index contributed by atoms with van der Waals surface area (Å²) in [5.41, 5.74) is 6.04. The van der Waals surface area contributed by atoms with E-state index < -0.39 is 23.8 Å². The smallest absolute Gasteiger partial charge is 0.326 e. The molecule has 3 atom stereocenters. The molecule has 0 unspecified atom stereocenters. The average Bonchev–Trinajstić information content (AvgIpc) is 2.55. The Bertz CT molecular complexity index is 506. The van der Waals surface area contributed by atoms with E-state index in [1.54, 1.807) is 0 Å². The van der Waals surface area contributed by atoms with Crippen LogP contribution < -0.4 is 11.1 Å². The molecule has 2 fully saturated rings. The molecule has 24 heavy (non-hydrogen) atoms. The Labute approximate surface area is 143 Å². The highest BCUT2D eigenvalue weighted by Crippen LogP contribution is 2.20. The van der Waals surface area contributed by atoms with Gasteiger partial charge in [0.2, 0.25) is 11.8 Å². The van der Waals surface area contributed by atoms with Crippen LogP contribution in [-0.4, -0.2) is 47.6 Å². The van der Waals surface area contributed by atoms with Crippen LogP contribution >= 0.6 is 0 Å². The molecule has 2 rings (SSSR count). The number of imide groups is 2. The zero-order valence-electron chi connectivity index (χ0n) is 14.4. The molecule has 1 heterocycles. The fraction of sp³-hybridized carbons (Fsp3) is 0.765. The molecule has 0 aromatic carbocycles. The lowest BCUT2D eigenvalue weighted by Crippen LogP contribution is -2.58. The Morgan fingerprint density at radius 2 is 1.96 bits per heavy atom. The minimum absolute atomic E-state index is 0.0245. The van der Waals surface area contributed by atoms with Gasteiger partial charge in [-0.1, -0.05) is 39.0 Å². The van der Waals surface area contributed by atoms with Crippen LogP contribution in [0.25, 0.3) is 0 Å². The van der Waals surface area contributed by atoms with E-state index in [0.29, 0.717) is 6.54 Å². The van der Waals surface area contributed by atoms with Gasteiger partial charge in [-0.05, 0) is 19.3 Å². The van der Waals surface area contributed by atoms with Crippen LogP contribution in [0.15, 0.2) is 4.99 Å². The van der Waals surface area contributed by atoms with Crippen molar-refractivity contribution in [2.45, 2.75) is 70.4 Å². The van der Waals surface area contributed by atoms with Crippen molar-refractivity contribution in [3.8, 4) is 0 Å². The number of rotatable bonds is 7. The molecule has 1 aliphatic carbocycles. The highest BCUT2D eigenvalue weighted by molar-refractivity contribution is 6.23. The van der Waals surface area contributed by atoms with Crippen molar-refractivity contribution in [3.05, 3.63) is 0 Å². The van der Waals surface area contributed by atoms with E-state index in [-0.39, 0.29) is 12.1 Å². The van der Waals surface area contributed by atoms with E-state index in [4.69, 9.17) is 5.73 Å². The number of nitrogens with two attached hydrogens (primary N) is 1. The van der Waals surface area contributed by atoms with Crippen LogP contribution in [0.3, 0.4) is 0 Å². The third kappa shape index (κ3) is 4.63. The van der Waals surface area contributed by atoms with Gasteiger partial charge < -0.3 is 5.73 Å². The molecule has 2 aliphatic rings. The normalized spacial score (nSPS) is 28.5. The summed E-state index contributed by atoms with van der Waals surface area (Å²) in [5.74, 6) is -2.10. The Kier molecular flexibility index (Phi) is 6.90. The SMILES string of the molecule is CCCCCCN1C(=O)NC(=O)[C@@H](C=N[C@H]2CCCC[C@H]2N)C1=O. The Balaban J connectivity index is 1.98. The van der Waals surface area contributed by atoms with Crippen molar-refractivity contribution >= 4 is 24.1 Å². The molecule has 1 saturated heterocycles. The van der Waals surface area contributed by atoms with Crippen molar-refractivity contribution in [2.24, 2.45) is 16.6 Å². The molecule has 1 saturated carbocycles. The number of hydrogen-bond acceptors (Lipinski definition) is 5. The highest BCUT2D eigenvalue weighted by atomic mass is 16.2. The maximum absolute atomic E-state index is 12.5. The maximum Gasteiger partial charge on any atom is 0.330 e. The molecular weight excluding hydrogens is 308 g/mol. The number of nitrogens with one attached hydrogen (secondary N) is 1. The molecule has 0 aromatic heterocycles. The van der Waals surface area contributed by atoms with Gasteiger partial charge in [-0.2, -0.15) is 0 Å². The molecule has 0 radical (unpaired) electrons. The summed E-state index contributed by atoms with van der Waals surface area (Å²) in [4.78, 5) is 41.9. The van der Waals surface area contributed by atoms with Gasteiger partial charge in [0.05, 0.1) is 6.04 Å². The van der Waals surface area contributed by atoms with Gasteiger partial charge >= 0.3 is 6.03 Å². The Morgan fingerprint density at radius 1 is 1.21 bits per heavy atom. The minimum Gasteiger partial charge on any atom is -0.326 e. The largest absolute Gasteiger partial charge is 0.330 e. The van der Waals surface area contributed by atoms with Gasteiger partial charge in [0, 0.05) is 18.8 Å². The first-order valence-corrected chi connectivity index (χ1v) is 8.99. The number of barbiturate groups is 1. The molecule has 134 valence electrons. The zero-order valence-corrected chi connectivity index (χ0v) is 14.4. The van der Waals surface area contributed by atoms with Crippen LogP contribution in [-0.2, 0) is 9.59 Å². The molecule has 0 aromatic rings. The van der Waals surface area contributed by atoms with Crippen molar-refractivity contribution in [1.82, 2.24) is 10.2 Å². The zero-order chi connectivity index (χ0) is 17.5. The van der Waals surface area contributed by atoms with Gasteiger partial charge in [0.15, 0.2) is 5.92 Å². The van der Waals surface area contributed by atoms with Gasteiger partial charge in [0.25, 0.3) is 0 Å². The lowest BCUT2D eigenvalue weighted by molar-refractivity contribution is -0.139. The molecule has 0 bridgehead atoms. The van der Waals surface area contributed by atoms with Gasteiger partial charge in [-0.3, -0.25) is 24.8 Å². The quantitative estimate of drug-likeness (QED) is 0.418. The van der Waals surface area contributed by atoms with E-state index in [9.17, 15) is 14.4 Å². The summed E-state index contributed by atoms with van der Waals surface area (Å²) < 4.78 is 0. The first kappa shape index (κ1) is 18.6. The molecule has 0 spiro atoms. The lowest BCUT2D eigenvalue weighted by Gasteiger charge is -2.29. The van der Waals surface area contributed by atoms with E-state index in [0.717, 1.165) is 56.3 Å². The molecule has 1 aliphatic heterocycles. The molecule has 7 heteroatoms. The van der Waals surface area contributed by atoms with Crippen molar-refractivity contribution in [2.75, 3.05) is 6.54 Å². The fourth-order valence-corrected chi connectivity index (χ4v) is 3.19. The second kappa shape index (κ2) is 8.92. The Hall–Kier alpha value is -1.76. The van der Waals surface area contributed by atoms with E-state index in [2.05, 4.69) is 17.2 Å². The van der Waals surface area contributed by atoms with E-state index in [1.807, 2.05) is 0 Å². The summed E-state index contributed by atoms with van der Waals surface area (Å²) in [6.07, 6.45) is 9.17. The molecule has 7 nitrogen and oxygen atoms in total. The fourth-order valence-electron chi connectivity index (χ4n) is 3.19. The molecular formula is C17H28N4O3. The topological polar surface area (TPSA) is 105 Å². The first-order valence-electron chi connectivity index (χ1n) is 8.99. The number of carbonyl (C=O) groups excluding carboxylic acids is 3. The van der Waals surface area contributed by atoms with Gasteiger partial charge in [0.1, 0.15) is 0 Å². The molecule has 4 amide bonds. The van der Waals surface area contributed by atoms with Crippen molar-refractivity contribution in [1.29, 1.82) is 0 Å². The average molecular weight is 336 g/mol. The van der Waals surface area contributed by atoms with Crippen LogP contribution in [0.1, 0.15) is 58.3 Å². The summed E-state index contributed by atoms with van der Waals surface area (Å²) >= 11 is 0. The summed E-state index contributed by atoms with van der Waals surface area (Å²) in [6, 6.07) is -0.695. The summed E-state index contributed by atoms with van der Waals surface area (Å²) in [7, 11) is 0. The standard InChI is InChI=1S/C17H28N4O3/c1-2-3-4-7-10-21-16(23)12(15(22)20-17(21)24)11-19-14-9-6-5-8-13(14)18/h11-14H,2-10,18H2,1H3,(H,20,22,24)/t12-,13-,14+/m1/s1. The van der Waals surface area contributed by atoms with Crippen LogP contribution in [0.2, 0.25) is 0 Å². The number of urea groups is 1. The first-order chi connectivity index (χ1) is 11.5. The second-order valence-corrected chi connectivity index (χ2v) is 6.64. The lowest BCUT2D eigenvalue weighted by atomic mass is 9.91. The number of unbranched alkanes of at least 4 members (excludes halogenated alkanes) is 3. The number of nitrogens with zero attached hydrogens (tertiary/aromatic N) is 2. The van der Waals surface area contributed by atoms with Crippen LogP contribution in [0.4, 0.5) is 4.79 Å². The van der Waals surface area contributed by atoms with Crippen LogP contribution in [0.5, 0.6) is 0 Å². The third-order valence-electron chi connectivity index (χ3n) is 4.73. The van der Waals surface area contributed by atoms with Crippen LogP contribution in [0, 0.1) is 5.92 Å². The predicted octanol–water partition coefficient (Wildman–Crippen LogP) is 1.60. The Morgan fingerprint density at radius 3 is 2.67 bits per heavy atom. The highest BCUT2D eigenvalue weighted by Gasteiger charge is 2.39. The summed E-state index contributed by atoms with van der Waals surface area (Å²) in [5, 5.41) is 2.25. The monoisotopic (exact) mass is 336 g/mol. The number of hydrogen-bond donors (Lipinski definition) is 2. The van der Waals surface area contributed by atoms with Gasteiger partial charge in [-0.25, -0.2) is 4.79 Å². The number of aliphatic imine (C=N–C) groups is 1. The van der Waals surface area contributed by atoms with Crippen molar-refractivity contribution < 1.29 is 14.4 Å². The second-order valence-electron chi connectivity index (χ2n) is 6.64. The maximum atomic E-state index is 12.5. The number of amides is 4.